The normalized spacial score (nSPS) is 36.2. The van der Waals surface area contributed by atoms with Crippen molar-refractivity contribution in [3.8, 4) is 0 Å². The lowest BCUT2D eigenvalue weighted by Gasteiger charge is -2.29. The summed E-state index contributed by atoms with van der Waals surface area (Å²) in [6.07, 6.45) is 13.8. The Morgan fingerprint density at radius 2 is 1.69 bits per heavy atom. The molecule has 2 unspecified atom stereocenters. The van der Waals surface area contributed by atoms with Crippen LogP contribution in [0, 0.1) is 11.8 Å². The smallest absolute Gasteiger partial charge is 0.0861 e. The SMILES string of the molecule is CB1CCCCC2CCCC(C1)C2. The molecule has 1 aliphatic heterocycles. The molecule has 1 heterocycles. The standard InChI is InChI=1S/C12H23B/c1-13-8-3-2-5-11-6-4-7-12(9-11)10-13/h11-12H,2-10H2,1H3. The van der Waals surface area contributed by atoms with Crippen molar-refractivity contribution in [3.05, 3.63) is 0 Å². The molecule has 0 N–H and O–H groups in total. The lowest BCUT2D eigenvalue weighted by atomic mass is 9.44. The second-order valence-corrected chi connectivity index (χ2v) is 5.52. The van der Waals surface area contributed by atoms with Gasteiger partial charge in [0.2, 0.25) is 0 Å². The third-order valence-electron chi connectivity index (χ3n) is 4.19. The molecule has 2 atom stereocenters. The maximum absolute atomic E-state index is 2.47. The summed E-state index contributed by atoms with van der Waals surface area (Å²) in [7, 11) is 0. The molecule has 74 valence electrons. The highest BCUT2D eigenvalue weighted by Gasteiger charge is 2.25. The van der Waals surface area contributed by atoms with Gasteiger partial charge in [-0.25, -0.2) is 0 Å². The van der Waals surface area contributed by atoms with E-state index in [1.807, 2.05) is 0 Å². The highest BCUT2D eigenvalue weighted by molar-refractivity contribution is 6.57. The average Bonchev–Trinajstić information content (AvgIpc) is 2.17. The Morgan fingerprint density at radius 3 is 2.62 bits per heavy atom. The van der Waals surface area contributed by atoms with E-state index in [0.717, 1.165) is 18.5 Å². The highest BCUT2D eigenvalue weighted by Crippen LogP contribution is 2.36. The second-order valence-electron chi connectivity index (χ2n) is 5.52. The zero-order chi connectivity index (χ0) is 9.10. The second kappa shape index (κ2) is 4.53. The third kappa shape index (κ3) is 2.75. The minimum absolute atomic E-state index is 1.02. The average molecular weight is 178 g/mol. The maximum atomic E-state index is 2.47. The van der Waals surface area contributed by atoms with Gasteiger partial charge in [0.15, 0.2) is 0 Å². The summed E-state index contributed by atoms with van der Waals surface area (Å²) < 4.78 is 0. The van der Waals surface area contributed by atoms with Gasteiger partial charge in [0.25, 0.3) is 0 Å². The molecule has 0 amide bonds. The minimum Gasteiger partial charge on any atom is -0.0861 e. The maximum Gasteiger partial charge on any atom is 0.136 e. The van der Waals surface area contributed by atoms with Gasteiger partial charge < -0.3 is 0 Å². The first kappa shape index (κ1) is 9.61. The quantitative estimate of drug-likeness (QED) is 0.490. The number of hydrogen-bond donors (Lipinski definition) is 0. The van der Waals surface area contributed by atoms with Crippen LogP contribution in [0.2, 0.25) is 19.5 Å². The molecule has 0 nitrogen and oxygen atoms in total. The Labute approximate surface area is 83.6 Å². The van der Waals surface area contributed by atoms with Gasteiger partial charge in [-0.3, -0.25) is 0 Å². The van der Waals surface area contributed by atoms with Crippen LogP contribution in [-0.4, -0.2) is 6.71 Å². The van der Waals surface area contributed by atoms with Crippen molar-refractivity contribution in [2.45, 2.75) is 64.4 Å². The monoisotopic (exact) mass is 178 g/mol. The van der Waals surface area contributed by atoms with E-state index in [9.17, 15) is 0 Å². The number of rotatable bonds is 0. The molecule has 13 heavy (non-hydrogen) atoms. The van der Waals surface area contributed by atoms with Crippen molar-refractivity contribution >= 4 is 6.71 Å². The minimum atomic E-state index is 1.02. The van der Waals surface area contributed by atoms with Crippen LogP contribution in [0.4, 0.5) is 0 Å². The number of fused-ring (bicyclic) bond motifs is 2. The Kier molecular flexibility index (Phi) is 3.35. The van der Waals surface area contributed by atoms with Crippen molar-refractivity contribution in [2.24, 2.45) is 11.8 Å². The van der Waals surface area contributed by atoms with Crippen molar-refractivity contribution in [3.63, 3.8) is 0 Å². The zero-order valence-corrected chi connectivity index (χ0v) is 9.10. The predicted octanol–water partition coefficient (Wildman–Crippen LogP) is 4.10. The van der Waals surface area contributed by atoms with Crippen LogP contribution < -0.4 is 0 Å². The van der Waals surface area contributed by atoms with Crippen molar-refractivity contribution < 1.29 is 0 Å². The fraction of sp³-hybridized carbons (Fsp3) is 1.00. The Balaban J connectivity index is 1.93. The molecule has 2 bridgehead atoms. The van der Waals surface area contributed by atoms with Crippen LogP contribution in [0.25, 0.3) is 0 Å². The lowest BCUT2D eigenvalue weighted by Crippen LogP contribution is -2.18. The van der Waals surface area contributed by atoms with Gasteiger partial charge in [0.1, 0.15) is 6.71 Å². The van der Waals surface area contributed by atoms with Gasteiger partial charge in [-0.15, -0.1) is 0 Å². The largest absolute Gasteiger partial charge is 0.136 e. The van der Waals surface area contributed by atoms with E-state index in [4.69, 9.17) is 0 Å². The van der Waals surface area contributed by atoms with E-state index in [0.29, 0.717) is 0 Å². The molecule has 0 radical (unpaired) electrons. The van der Waals surface area contributed by atoms with Gasteiger partial charge in [-0.2, -0.15) is 0 Å². The van der Waals surface area contributed by atoms with E-state index < -0.39 is 0 Å². The van der Waals surface area contributed by atoms with Crippen LogP contribution >= 0.6 is 0 Å². The van der Waals surface area contributed by atoms with Crippen LogP contribution in [-0.2, 0) is 0 Å². The molecule has 2 fully saturated rings. The van der Waals surface area contributed by atoms with Crippen molar-refractivity contribution in [1.29, 1.82) is 0 Å². The van der Waals surface area contributed by atoms with E-state index in [2.05, 4.69) is 6.82 Å². The topological polar surface area (TPSA) is 0 Å². The van der Waals surface area contributed by atoms with Crippen molar-refractivity contribution in [2.75, 3.05) is 0 Å². The van der Waals surface area contributed by atoms with E-state index in [1.165, 1.54) is 31.9 Å². The molecule has 1 aliphatic carbocycles. The highest BCUT2D eigenvalue weighted by atomic mass is 14.3. The summed E-state index contributed by atoms with van der Waals surface area (Å²) in [5, 5.41) is 0. The molecule has 2 aliphatic rings. The van der Waals surface area contributed by atoms with Gasteiger partial charge in [0.05, 0.1) is 0 Å². The van der Waals surface area contributed by atoms with Gasteiger partial charge >= 0.3 is 0 Å². The summed E-state index contributed by atoms with van der Waals surface area (Å²) >= 11 is 0. The molecule has 0 aromatic heterocycles. The lowest BCUT2D eigenvalue weighted by molar-refractivity contribution is 0.267. The fourth-order valence-electron chi connectivity index (χ4n) is 3.49. The van der Waals surface area contributed by atoms with E-state index in [1.54, 1.807) is 25.7 Å². The van der Waals surface area contributed by atoms with Crippen molar-refractivity contribution in [1.82, 2.24) is 0 Å². The first-order chi connectivity index (χ1) is 6.34. The molecule has 1 saturated carbocycles. The summed E-state index contributed by atoms with van der Waals surface area (Å²) in [5.74, 6) is 2.22. The predicted molar refractivity (Wildman–Crippen MR) is 60.5 cm³/mol. The summed E-state index contributed by atoms with van der Waals surface area (Å²) in [6.45, 7) is 3.48. The molecule has 1 heteroatoms. The summed E-state index contributed by atoms with van der Waals surface area (Å²) in [6, 6.07) is 0. The van der Waals surface area contributed by atoms with Crippen LogP contribution in [0.3, 0.4) is 0 Å². The van der Waals surface area contributed by atoms with Crippen LogP contribution in [0.5, 0.6) is 0 Å². The molecule has 2 rings (SSSR count). The van der Waals surface area contributed by atoms with Gasteiger partial charge in [-0.1, -0.05) is 58.0 Å². The molecular weight excluding hydrogens is 155 g/mol. The summed E-state index contributed by atoms with van der Waals surface area (Å²) in [4.78, 5) is 0. The zero-order valence-electron chi connectivity index (χ0n) is 9.10. The first-order valence-electron chi connectivity index (χ1n) is 6.34. The fourth-order valence-corrected chi connectivity index (χ4v) is 3.49. The van der Waals surface area contributed by atoms with Gasteiger partial charge in [0, 0.05) is 0 Å². The van der Waals surface area contributed by atoms with Gasteiger partial charge in [-0.05, 0) is 18.3 Å². The third-order valence-corrected chi connectivity index (χ3v) is 4.19. The van der Waals surface area contributed by atoms with E-state index >= 15 is 0 Å². The van der Waals surface area contributed by atoms with E-state index in [-0.39, 0.29) is 0 Å². The van der Waals surface area contributed by atoms with Crippen LogP contribution in [0.15, 0.2) is 0 Å². The Hall–Kier alpha value is 0.0649. The number of hydrogen-bond acceptors (Lipinski definition) is 0. The molecular formula is C12H23B. The summed E-state index contributed by atoms with van der Waals surface area (Å²) in [5.41, 5.74) is 0. The molecule has 0 spiro atoms. The molecule has 1 saturated heterocycles. The van der Waals surface area contributed by atoms with Crippen LogP contribution in [0.1, 0.15) is 44.9 Å². The Bertz CT molecular complexity index is 153. The molecule has 0 aromatic rings. The first-order valence-corrected chi connectivity index (χ1v) is 6.34. The molecule has 0 aromatic carbocycles. The Morgan fingerprint density at radius 1 is 0.923 bits per heavy atom.